The molecule has 0 saturated heterocycles. The van der Waals surface area contributed by atoms with Gasteiger partial charge in [-0.1, -0.05) is 62.4 Å². The van der Waals surface area contributed by atoms with E-state index >= 15 is 0 Å². The van der Waals surface area contributed by atoms with E-state index in [-0.39, 0.29) is 18.5 Å². The topological polar surface area (TPSA) is 35.5 Å². The first-order valence-corrected chi connectivity index (χ1v) is 8.55. The van der Waals surface area contributed by atoms with Gasteiger partial charge in [-0.3, -0.25) is 4.79 Å². The summed E-state index contributed by atoms with van der Waals surface area (Å²) in [5, 5.41) is 0. The Morgan fingerprint density at radius 3 is 2.38 bits per heavy atom. The van der Waals surface area contributed by atoms with E-state index < -0.39 is 0 Å². The lowest BCUT2D eigenvalue weighted by Crippen LogP contribution is -2.23. The smallest absolute Gasteiger partial charge is 0.310 e. The van der Waals surface area contributed by atoms with E-state index in [0.29, 0.717) is 12.5 Å². The summed E-state index contributed by atoms with van der Waals surface area (Å²) in [7, 11) is 0. The molecule has 128 valence electrons. The summed E-state index contributed by atoms with van der Waals surface area (Å²) >= 11 is 0. The van der Waals surface area contributed by atoms with Gasteiger partial charge in [-0.05, 0) is 36.5 Å². The van der Waals surface area contributed by atoms with Crippen LogP contribution >= 0.6 is 0 Å². The molecular formula is C21H26O3. The minimum Gasteiger partial charge on any atom is -0.489 e. The lowest BCUT2D eigenvalue weighted by molar-refractivity contribution is -0.148. The van der Waals surface area contributed by atoms with Gasteiger partial charge in [-0.2, -0.15) is 0 Å². The second-order valence-corrected chi connectivity index (χ2v) is 6.12. The van der Waals surface area contributed by atoms with E-state index in [9.17, 15) is 4.79 Å². The first-order valence-electron chi connectivity index (χ1n) is 8.55. The Hall–Kier alpha value is -2.29. The molecule has 0 spiro atoms. The van der Waals surface area contributed by atoms with Crippen molar-refractivity contribution in [3.05, 3.63) is 65.7 Å². The van der Waals surface area contributed by atoms with Crippen LogP contribution in [0.4, 0.5) is 0 Å². The standard InChI is InChI=1S/C21H26O3/c1-4-16(2)19-12-8-9-13-20(19)23-15-17(3)24-21(22)14-18-10-6-5-7-11-18/h5-13,16-17H,4,14-15H2,1-3H3. The Morgan fingerprint density at radius 1 is 1.00 bits per heavy atom. The molecule has 2 unspecified atom stereocenters. The molecule has 0 bridgehead atoms. The number of rotatable bonds is 8. The van der Waals surface area contributed by atoms with Crippen LogP contribution in [0, 0.1) is 0 Å². The summed E-state index contributed by atoms with van der Waals surface area (Å²) < 4.78 is 11.3. The number of ether oxygens (including phenoxy) is 2. The summed E-state index contributed by atoms with van der Waals surface area (Å²) in [5.74, 6) is 1.09. The summed E-state index contributed by atoms with van der Waals surface area (Å²) in [6.45, 7) is 6.56. The van der Waals surface area contributed by atoms with Crippen molar-refractivity contribution in [3.8, 4) is 5.75 Å². The van der Waals surface area contributed by atoms with Gasteiger partial charge in [0.25, 0.3) is 0 Å². The Morgan fingerprint density at radius 2 is 1.67 bits per heavy atom. The van der Waals surface area contributed by atoms with Gasteiger partial charge in [0, 0.05) is 0 Å². The number of para-hydroxylation sites is 1. The zero-order valence-corrected chi connectivity index (χ0v) is 14.7. The van der Waals surface area contributed by atoms with Crippen LogP contribution in [0.1, 0.15) is 44.2 Å². The molecule has 2 atom stereocenters. The fraction of sp³-hybridized carbons (Fsp3) is 0.381. The molecule has 24 heavy (non-hydrogen) atoms. The molecule has 2 aromatic rings. The third kappa shape index (κ3) is 5.41. The van der Waals surface area contributed by atoms with E-state index in [0.717, 1.165) is 17.7 Å². The number of carbonyl (C=O) groups is 1. The molecule has 2 rings (SSSR count). The minimum atomic E-state index is -0.286. The van der Waals surface area contributed by atoms with Crippen LogP contribution in [-0.2, 0) is 16.0 Å². The van der Waals surface area contributed by atoms with Gasteiger partial charge in [0.2, 0.25) is 0 Å². The maximum Gasteiger partial charge on any atom is 0.310 e. The Balaban J connectivity index is 1.85. The van der Waals surface area contributed by atoms with Crippen LogP contribution in [0.5, 0.6) is 5.75 Å². The Bertz CT molecular complexity index is 637. The highest BCUT2D eigenvalue weighted by Gasteiger charge is 2.14. The molecule has 0 aliphatic heterocycles. The van der Waals surface area contributed by atoms with Gasteiger partial charge >= 0.3 is 5.97 Å². The Labute approximate surface area is 144 Å². The number of carbonyl (C=O) groups excluding carboxylic acids is 1. The molecule has 0 N–H and O–H groups in total. The molecule has 2 aromatic carbocycles. The fourth-order valence-corrected chi connectivity index (χ4v) is 2.51. The summed E-state index contributed by atoms with van der Waals surface area (Å²) in [4.78, 5) is 12.0. The second-order valence-electron chi connectivity index (χ2n) is 6.12. The van der Waals surface area contributed by atoms with E-state index in [2.05, 4.69) is 19.9 Å². The highest BCUT2D eigenvalue weighted by Crippen LogP contribution is 2.28. The van der Waals surface area contributed by atoms with Gasteiger partial charge in [0.15, 0.2) is 0 Å². The maximum absolute atomic E-state index is 12.0. The van der Waals surface area contributed by atoms with Crippen LogP contribution in [0.25, 0.3) is 0 Å². The molecule has 0 fully saturated rings. The van der Waals surface area contributed by atoms with Crippen LogP contribution < -0.4 is 4.74 Å². The third-order valence-electron chi connectivity index (χ3n) is 4.06. The van der Waals surface area contributed by atoms with Crippen molar-refractivity contribution in [2.45, 2.75) is 45.6 Å². The first kappa shape index (κ1) is 18.1. The minimum absolute atomic E-state index is 0.229. The molecule has 0 heterocycles. The van der Waals surface area contributed by atoms with Crippen LogP contribution in [0.15, 0.2) is 54.6 Å². The molecule has 0 aromatic heterocycles. The lowest BCUT2D eigenvalue weighted by Gasteiger charge is -2.18. The average molecular weight is 326 g/mol. The van der Waals surface area contributed by atoms with Gasteiger partial charge in [-0.25, -0.2) is 0 Å². The van der Waals surface area contributed by atoms with Crippen LogP contribution in [-0.4, -0.2) is 18.7 Å². The number of hydrogen-bond donors (Lipinski definition) is 0. The highest BCUT2D eigenvalue weighted by molar-refractivity contribution is 5.72. The van der Waals surface area contributed by atoms with Gasteiger partial charge in [0.05, 0.1) is 6.42 Å². The van der Waals surface area contributed by atoms with Crippen LogP contribution in [0.3, 0.4) is 0 Å². The fourth-order valence-electron chi connectivity index (χ4n) is 2.51. The van der Waals surface area contributed by atoms with E-state index in [1.165, 1.54) is 5.56 Å². The van der Waals surface area contributed by atoms with Crippen molar-refractivity contribution in [2.24, 2.45) is 0 Å². The summed E-state index contributed by atoms with van der Waals surface area (Å²) in [6.07, 6.45) is 1.06. The predicted molar refractivity (Wildman–Crippen MR) is 96.3 cm³/mol. The quantitative estimate of drug-likeness (QED) is 0.657. The van der Waals surface area contributed by atoms with Crippen molar-refractivity contribution < 1.29 is 14.3 Å². The molecule has 0 aliphatic rings. The van der Waals surface area contributed by atoms with Crippen molar-refractivity contribution in [1.29, 1.82) is 0 Å². The van der Waals surface area contributed by atoms with Crippen molar-refractivity contribution >= 4 is 5.97 Å². The normalized spacial score (nSPS) is 13.1. The molecule has 0 radical (unpaired) electrons. The van der Waals surface area contributed by atoms with Crippen molar-refractivity contribution in [3.63, 3.8) is 0 Å². The molecule has 3 heteroatoms. The van der Waals surface area contributed by atoms with Gasteiger partial charge in [0.1, 0.15) is 18.5 Å². The first-order chi connectivity index (χ1) is 11.6. The largest absolute Gasteiger partial charge is 0.489 e. The third-order valence-corrected chi connectivity index (χ3v) is 4.06. The number of benzene rings is 2. The molecule has 0 aliphatic carbocycles. The number of hydrogen-bond acceptors (Lipinski definition) is 3. The average Bonchev–Trinajstić information content (AvgIpc) is 2.60. The lowest BCUT2D eigenvalue weighted by atomic mass is 9.98. The van der Waals surface area contributed by atoms with Crippen molar-refractivity contribution in [2.75, 3.05) is 6.61 Å². The molecule has 3 nitrogen and oxygen atoms in total. The van der Waals surface area contributed by atoms with E-state index in [4.69, 9.17) is 9.47 Å². The predicted octanol–water partition coefficient (Wildman–Crippen LogP) is 4.75. The number of esters is 1. The van der Waals surface area contributed by atoms with Gasteiger partial charge < -0.3 is 9.47 Å². The second kappa shape index (κ2) is 9.11. The monoisotopic (exact) mass is 326 g/mol. The molecular weight excluding hydrogens is 300 g/mol. The highest BCUT2D eigenvalue weighted by atomic mass is 16.6. The summed E-state index contributed by atoms with van der Waals surface area (Å²) in [5.41, 5.74) is 2.15. The summed E-state index contributed by atoms with van der Waals surface area (Å²) in [6, 6.07) is 17.7. The zero-order chi connectivity index (χ0) is 17.4. The van der Waals surface area contributed by atoms with Crippen molar-refractivity contribution in [1.82, 2.24) is 0 Å². The van der Waals surface area contributed by atoms with Gasteiger partial charge in [-0.15, -0.1) is 0 Å². The van der Waals surface area contributed by atoms with Crippen LogP contribution in [0.2, 0.25) is 0 Å². The zero-order valence-electron chi connectivity index (χ0n) is 14.7. The Kier molecular flexibility index (Phi) is 6.86. The van der Waals surface area contributed by atoms with E-state index in [1.54, 1.807) is 0 Å². The maximum atomic E-state index is 12.0. The van der Waals surface area contributed by atoms with E-state index in [1.807, 2.05) is 55.5 Å². The molecule has 0 amide bonds. The SMILES string of the molecule is CCC(C)c1ccccc1OCC(C)OC(=O)Cc1ccccc1. The molecule has 0 saturated carbocycles.